The fourth-order valence-electron chi connectivity index (χ4n) is 3.10. The maximum atomic E-state index is 11.0. The molecule has 0 spiro atoms. The Balaban J connectivity index is 2.69. The SMILES string of the molecule is CC1CC(N(C)C(C)C(=O)O)CC(C)(C)C1. The molecule has 0 aliphatic heterocycles. The Kier molecular flexibility index (Phi) is 4.00. The molecule has 0 radical (unpaired) electrons. The van der Waals surface area contributed by atoms with Gasteiger partial charge in [0.2, 0.25) is 0 Å². The number of carboxylic acids is 1. The summed E-state index contributed by atoms with van der Waals surface area (Å²) in [5, 5.41) is 9.04. The van der Waals surface area contributed by atoms with Crippen LogP contribution in [0.5, 0.6) is 0 Å². The normalized spacial score (nSPS) is 31.4. The molecule has 0 amide bonds. The molecule has 0 aromatic heterocycles. The van der Waals surface area contributed by atoms with Gasteiger partial charge in [0.25, 0.3) is 0 Å². The van der Waals surface area contributed by atoms with Gasteiger partial charge in [-0.05, 0) is 44.6 Å². The first-order valence-electron chi connectivity index (χ1n) is 6.17. The second-order valence-electron chi connectivity index (χ2n) is 6.25. The van der Waals surface area contributed by atoms with E-state index >= 15 is 0 Å². The van der Waals surface area contributed by atoms with Crippen LogP contribution in [0.2, 0.25) is 0 Å². The van der Waals surface area contributed by atoms with E-state index in [1.807, 2.05) is 11.9 Å². The fourth-order valence-corrected chi connectivity index (χ4v) is 3.10. The van der Waals surface area contributed by atoms with Crippen LogP contribution in [0.25, 0.3) is 0 Å². The van der Waals surface area contributed by atoms with E-state index in [0.29, 0.717) is 17.4 Å². The molecule has 1 aliphatic carbocycles. The lowest BCUT2D eigenvalue weighted by Gasteiger charge is -2.43. The van der Waals surface area contributed by atoms with E-state index < -0.39 is 5.97 Å². The molecule has 0 aromatic carbocycles. The van der Waals surface area contributed by atoms with E-state index in [4.69, 9.17) is 5.11 Å². The van der Waals surface area contributed by atoms with Crippen molar-refractivity contribution < 1.29 is 9.90 Å². The minimum absolute atomic E-state index is 0.342. The molecule has 94 valence electrons. The molecule has 3 heteroatoms. The quantitative estimate of drug-likeness (QED) is 0.805. The van der Waals surface area contributed by atoms with Crippen LogP contribution < -0.4 is 0 Å². The van der Waals surface area contributed by atoms with Gasteiger partial charge in [0.05, 0.1) is 0 Å². The molecule has 0 heterocycles. The Morgan fingerprint density at radius 3 is 2.44 bits per heavy atom. The van der Waals surface area contributed by atoms with Crippen molar-refractivity contribution in [3.8, 4) is 0 Å². The van der Waals surface area contributed by atoms with Gasteiger partial charge in [0.1, 0.15) is 6.04 Å². The summed E-state index contributed by atoms with van der Waals surface area (Å²) in [5.74, 6) is -0.0317. The third kappa shape index (κ3) is 3.21. The summed E-state index contributed by atoms with van der Waals surface area (Å²) in [5.41, 5.74) is 0.342. The number of rotatable bonds is 3. The second-order valence-corrected chi connectivity index (χ2v) is 6.25. The van der Waals surface area contributed by atoms with E-state index in [0.717, 1.165) is 12.8 Å². The van der Waals surface area contributed by atoms with Gasteiger partial charge in [-0.15, -0.1) is 0 Å². The minimum Gasteiger partial charge on any atom is -0.480 e. The maximum absolute atomic E-state index is 11.0. The molecular formula is C13H25NO2. The van der Waals surface area contributed by atoms with Crippen molar-refractivity contribution in [2.45, 2.75) is 59.0 Å². The van der Waals surface area contributed by atoms with Crippen LogP contribution in [0.3, 0.4) is 0 Å². The summed E-state index contributed by atoms with van der Waals surface area (Å²) in [6.45, 7) is 8.62. The van der Waals surface area contributed by atoms with Crippen LogP contribution in [0.4, 0.5) is 0 Å². The predicted molar refractivity (Wildman–Crippen MR) is 65.4 cm³/mol. The van der Waals surface area contributed by atoms with Crippen LogP contribution in [0.1, 0.15) is 47.0 Å². The van der Waals surface area contributed by atoms with Gasteiger partial charge in [-0.3, -0.25) is 9.69 Å². The highest BCUT2D eigenvalue weighted by atomic mass is 16.4. The first-order valence-corrected chi connectivity index (χ1v) is 6.17. The summed E-state index contributed by atoms with van der Waals surface area (Å²) in [6, 6.07) is 0.0240. The van der Waals surface area contributed by atoms with Crippen LogP contribution in [0, 0.1) is 11.3 Å². The van der Waals surface area contributed by atoms with Crippen molar-refractivity contribution in [2.24, 2.45) is 11.3 Å². The highest BCUT2D eigenvalue weighted by molar-refractivity contribution is 5.72. The lowest BCUT2D eigenvalue weighted by Crippen LogP contribution is -2.47. The zero-order valence-corrected chi connectivity index (χ0v) is 11.2. The van der Waals surface area contributed by atoms with Gasteiger partial charge < -0.3 is 5.11 Å². The van der Waals surface area contributed by atoms with Crippen molar-refractivity contribution >= 4 is 5.97 Å². The Labute approximate surface area is 98.8 Å². The molecule has 16 heavy (non-hydrogen) atoms. The van der Waals surface area contributed by atoms with Crippen LogP contribution in [0.15, 0.2) is 0 Å². The van der Waals surface area contributed by atoms with E-state index in [-0.39, 0.29) is 6.04 Å². The van der Waals surface area contributed by atoms with Crippen molar-refractivity contribution in [1.82, 2.24) is 4.90 Å². The Morgan fingerprint density at radius 2 is 2.00 bits per heavy atom. The molecule has 1 saturated carbocycles. The standard InChI is InChI=1S/C13H25NO2/c1-9-6-11(8-13(3,4)7-9)14(5)10(2)12(15)16/h9-11H,6-8H2,1-5H3,(H,15,16). The second kappa shape index (κ2) is 4.74. The van der Waals surface area contributed by atoms with Crippen molar-refractivity contribution in [2.75, 3.05) is 7.05 Å². The summed E-state index contributed by atoms with van der Waals surface area (Å²) in [6.07, 6.45) is 3.47. The van der Waals surface area contributed by atoms with Gasteiger partial charge in [-0.1, -0.05) is 20.8 Å². The molecule has 1 aliphatic rings. The van der Waals surface area contributed by atoms with E-state index in [2.05, 4.69) is 20.8 Å². The molecule has 3 nitrogen and oxygen atoms in total. The Hall–Kier alpha value is -0.570. The molecule has 0 aromatic rings. The van der Waals surface area contributed by atoms with E-state index in [1.165, 1.54) is 6.42 Å². The molecule has 3 atom stereocenters. The largest absolute Gasteiger partial charge is 0.480 e. The molecule has 0 saturated heterocycles. The number of carboxylic acid groups (broad SMARTS) is 1. The average molecular weight is 227 g/mol. The number of aliphatic carboxylic acids is 1. The topological polar surface area (TPSA) is 40.5 Å². The fraction of sp³-hybridized carbons (Fsp3) is 0.923. The summed E-state index contributed by atoms with van der Waals surface area (Å²) < 4.78 is 0. The van der Waals surface area contributed by atoms with E-state index in [9.17, 15) is 4.79 Å². The highest BCUT2D eigenvalue weighted by Crippen LogP contribution is 2.40. The third-order valence-electron chi connectivity index (χ3n) is 3.91. The molecule has 1 fully saturated rings. The summed E-state index contributed by atoms with van der Waals surface area (Å²) >= 11 is 0. The van der Waals surface area contributed by atoms with Gasteiger partial charge >= 0.3 is 5.97 Å². The van der Waals surface area contributed by atoms with Crippen molar-refractivity contribution in [1.29, 1.82) is 0 Å². The van der Waals surface area contributed by atoms with Crippen LogP contribution >= 0.6 is 0 Å². The lowest BCUT2D eigenvalue weighted by molar-refractivity contribution is -0.143. The smallest absolute Gasteiger partial charge is 0.320 e. The van der Waals surface area contributed by atoms with Gasteiger partial charge in [-0.2, -0.15) is 0 Å². The monoisotopic (exact) mass is 227 g/mol. The molecule has 3 unspecified atom stereocenters. The third-order valence-corrected chi connectivity index (χ3v) is 3.91. The summed E-state index contributed by atoms with van der Waals surface area (Å²) in [7, 11) is 1.94. The number of hydrogen-bond donors (Lipinski definition) is 1. The molecule has 0 bridgehead atoms. The zero-order chi connectivity index (χ0) is 12.5. The van der Waals surface area contributed by atoms with Gasteiger partial charge in [-0.25, -0.2) is 0 Å². The number of likely N-dealkylation sites (N-methyl/N-ethyl adjacent to an activating group) is 1. The summed E-state index contributed by atoms with van der Waals surface area (Å²) in [4.78, 5) is 13.0. The van der Waals surface area contributed by atoms with Crippen LogP contribution in [-0.2, 0) is 4.79 Å². The molecular weight excluding hydrogens is 202 g/mol. The van der Waals surface area contributed by atoms with Crippen molar-refractivity contribution in [3.05, 3.63) is 0 Å². The number of hydrogen-bond acceptors (Lipinski definition) is 2. The Bertz CT molecular complexity index is 263. The highest BCUT2D eigenvalue weighted by Gasteiger charge is 2.36. The lowest BCUT2D eigenvalue weighted by atomic mass is 9.70. The Morgan fingerprint density at radius 1 is 1.44 bits per heavy atom. The maximum Gasteiger partial charge on any atom is 0.320 e. The molecule has 1 N–H and O–H groups in total. The van der Waals surface area contributed by atoms with Gasteiger partial charge in [0.15, 0.2) is 0 Å². The number of carbonyl (C=O) groups is 1. The minimum atomic E-state index is -0.724. The zero-order valence-electron chi connectivity index (χ0n) is 11.2. The van der Waals surface area contributed by atoms with Crippen LogP contribution in [-0.4, -0.2) is 35.1 Å². The van der Waals surface area contributed by atoms with E-state index in [1.54, 1.807) is 6.92 Å². The first kappa shape index (κ1) is 13.5. The van der Waals surface area contributed by atoms with Gasteiger partial charge in [0, 0.05) is 6.04 Å². The average Bonchev–Trinajstić information content (AvgIpc) is 2.12. The van der Waals surface area contributed by atoms with Crippen molar-refractivity contribution in [3.63, 3.8) is 0 Å². The predicted octanol–water partition coefficient (Wildman–Crippen LogP) is 2.61. The molecule has 1 rings (SSSR count). The first-order chi connectivity index (χ1) is 7.23. The number of nitrogens with zero attached hydrogens (tertiary/aromatic N) is 1.